The molecule has 0 amide bonds. The Morgan fingerprint density at radius 2 is 1.63 bits per heavy atom. The van der Waals surface area contributed by atoms with Gasteiger partial charge in [0.15, 0.2) is 11.5 Å². The number of H-pyrrole nitrogens is 1. The number of anilines is 2. The van der Waals surface area contributed by atoms with E-state index in [0.29, 0.717) is 30.2 Å². The third kappa shape index (κ3) is 3.67. The molecule has 4 rings (SSSR count). The van der Waals surface area contributed by atoms with Crippen LogP contribution in [0.25, 0.3) is 11.2 Å². The Hall–Kier alpha value is -3.61. The monoisotopic (exact) mass is 360 g/mol. The molecule has 0 unspecified atom stereocenters. The maximum atomic E-state index is 12.4. The number of fused-ring (bicyclic) bond motifs is 1. The number of nitrogen functional groups attached to an aromatic ring is 1. The van der Waals surface area contributed by atoms with Crippen molar-refractivity contribution in [3.8, 4) is 0 Å². The maximum Gasteiger partial charge on any atom is 0.328 e. The third-order valence-electron chi connectivity index (χ3n) is 4.37. The lowest BCUT2D eigenvalue weighted by molar-refractivity contribution is 0.777. The lowest BCUT2D eigenvalue weighted by atomic mass is 10.1. The first-order chi connectivity index (χ1) is 13.2. The molecule has 0 fully saturated rings. The molecule has 0 saturated heterocycles. The topological polar surface area (TPSA) is 102 Å². The second-order valence-electron chi connectivity index (χ2n) is 6.30. The predicted octanol–water partition coefficient (Wildman–Crippen LogP) is 2.40. The molecular formula is C20H20N6O. The van der Waals surface area contributed by atoms with Gasteiger partial charge >= 0.3 is 5.69 Å². The van der Waals surface area contributed by atoms with Gasteiger partial charge in [-0.2, -0.15) is 9.97 Å². The van der Waals surface area contributed by atoms with Gasteiger partial charge in [-0.25, -0.2) is 4.79 Å². The van der Waals surface area contributed by atoms with E-state index in [9.17, 15) is 4.79 Å². The number of rotatable bonds is 6. The molecular weight excluding hydrogens is 340 g/mol. The zero-order chi connectivity index (χ0) is 18.6. The van der Waals surface area contributed by atoms with E-state index in [1.54, 1.807) is 4.57 Å². The fourth-order valence-corrected chi connectivity index (χ4v) is 3.01. The van der Waals surface area contributed by atoms with Crippen LogP contribution in [0, 0.1) is 0 Å². The Balaban J connectivity index is 1.59. The maximum absolute atomic E-state index is 12.4. The van der Waals surface area contributed by atoms with Crippen molar-refractivity contribution in [1.29, 1.82) is 0 Å². The van der Waals surface area contributed by atoms with Gasteiger partial charge in [-0.3, -0.25) is 4.57 Å². The zero-order valence-electron chi connectivity index (χ0n) is 14.7. The molecule has 0 aliphatic carbocycles. The molecule has 7 nitrogen and oxygen atoms in total. The molecule has 4 N–H and O–H groups in total. The molecule has 0 atom stereocenters. The number of hydrogen-bond acceptors (Lipinski definition) is 5. The van der Waals surface area contributed by atoms with Crippen LogP contribution in [0.2, 0.25) is 0 Å². The van der Waals surface area contributed by atoms with Crippen molar-refractivity contribution < 1.29 is 0 Å². The lowest BCUT2D eigenvalue weighted by Gasteiger charge is -2.08. The molecule has 2 aromatic carbocycles. The van der Waals surface area contributed by atoms with E-state index in [4.69, 9.17) is 5.73 Å². The minimum absolute atomic E-state index is 0.253. The van der Waals surface area contributed by atoms with Crippen LogP contribution in [0.1, 0.15) is 11.1 Å². The average Bonchev–Trinajstić information content (AvgIpc) is 3.00. The molecule has 0 aliphatic rings. The molecule has 0 radical (unpaired) electrons. The first kappa shape index (κ1) is 16.8. The SMILES string of the molecule is Nc1nc(NCCc2ccccc2)nc2c1[nH]c(=O)n2Cc1ccccc1. The summed E-state index contributed by atoms with van der Waals surface area (Å²) in [5.41, 5.74) is 8.98. The van der Waals surface area contributed by atoms with Crippen LogP contribution in [0.5, 0.6) is 0 Å². The van der Waals surface area contributed by atoms with Crippen molar-refractivity contribution in [3.63, 3.8) is 0 Å². The second kappa shape index (κ2) is 7.33. The summed E-state index contributed by atoms with van der Waals surface area (Å²) in [6.45, 7) is 1.09. The van der Waals surface area contributed by atoms with Gasteiger partial charge in [0.1, 0.15) is 5.52 Å². The van der Waals surface area contributed by atoms with E-state index >= 15 is 0 Å². The van der Waals surface area contributed by atoms with Crippen molar-refractivity contribution in [2.45, 2.75) is 13.0 Å². The standard InChI is InChI=1S/C20H20N6O/c21-17-16-18(26(20(27)23-16)13-15-9-5-2-6-10-15)25-19(24-17)22-12-11-14-7-3-1-4-8-14/h1-10H,11-13H2,(H,23,27)(H3,21,22,24,25). The molecule has 136 valence electrons. The number of nitrogens with zero attached hydrogens (tertiary/aromatic N) is 3. The number of nitrogens with one attached hydrogen (secondary N) is 2. The van der Waals surface area contributed by atoms with Gasteiger partial charge in [-0.05, 0) is 17.5 Å². The van der Waals surface area contributed by atoms with Crippen LogP contribution in [-0.4, -0.2) is 26.1 Å². The van der Waals surface area contributed by atoms with Gasteiger partial charge in [0.2, 0.25) is 5.95 Å². The smallest absolute Gasteiger partial charge is 0.328 e. The molecule has 2 aromatic heterocycles. The molecule has 0 saturated carbocycles. The second-order valence-corrected chi connectivity index (χ2v) is 6.30. The Kier molecular flexibility index (Phi) is 4.57. The van der Waals surface area contributed by atoms with Gasteiger partial charge in [0.25, 0.3) is 0 Å². The fourth-order valence-electron chi connectivity index (χ4n) is 3.01. The molecule has 2 heterocycles. The molecule has 0 spiro atoms. The van der Waals surface area contributed by atoms with Gasteiger partial charge in [0, 0.05) is 6.54 Å². The van der Waals surface area contributed by atoms with E-state index in [1.807, 2.05) is 48.5 Å². The summed E-state index contributed by atoms with van der Waals surface area (Å²) >= 11 is 0. The quantitative estimate of drug-likeness (QED) is 0.490. The highest BCUT2D eigenvalue weighted by Gasteiger charge is 2.14. The highest BCUT2D eigenvalue weighted by atomic mass is 16.1. The van der Waals surface area contributed by atoms with E-state index in [2.05, 4.69) is 32.4 Å². The molecule has 0 aliphatic heterocycles. The van der Waals surface area contributed by atoms with Gasteiger partial charge in [-0.1, -0.05) is 60.7 Å². The van der Waals surface area contributed by atoms with E-state index in [0.717, 1.165) is 12.0 Å². The van der Waals surface area contributed by atoms with Crippen LogP contribution in [-0.2, 0) is 13.0 Å². The average molecular weight is 360 g/mol. The first-order valence-electron chi connectivity index (χ1n) is 8.78. The van der Waals surface area contributed by atoms with Crippen molar-refractivity contribution in [2.75, 3.05) is 17.6 Å². The third-order valence-corrected chi connectivity index (χ3v) is 4.37. The number of hydrogen-bond donors (Lipinski definition) is 3. The minimum Gasteiger partial charge on any atom is -0.382 e. The molecule has 7 heteroatoms. The minimum atomic E-state index is -0.253. The molecule has 0 bridgehead atoms. The van der Waals surface area contributed by atoms with Crippen LogP contribution in [0.15, 0.2) is 65.5 Å². The van der Waals surface area contributed by atoms with Gasteiger partial charge in [0.05, 0.1) is 6.54 Å². The summed E-state index contributed by atoms with van der Waals surface area (Å²) in [6.07, 6.45) is 0.839. The summed E-state index contributed by atoms with van der Waals surface area (Å²) in [7, 11) is 0. The zero-order valence-corrected chi connectivity index (χ0v) is 14.7. The predicted molar refractivity (Wildman–Crippen MR) is 107 cm³/mol. The van der Waals surface area contributed by atoms with Crippen LogP contribution >= 0.6 is 0 Å². The van der Waals surface area contributed by atoms with Crippen molar-refractivity contribution in [2.24, 2.45) is 0 Å². The summed E-state index contributed by atoms with van der Waals surface area (Å²) in [5.74, 6) is 0.669. The summed E-state index contributed by atoms with van der Waals surface area (Å²) in [5, 5.41) is 3.19. The van der Waals surface area contributed by atoms with Crippen LogP contribution < -0.4 is 16.7 Å². The van der Waals surface area contributed by atoms with E-state index < -0.39 is 0 Å². The Bertz CT molecular complexity index is 1100. The largest absolute Gasteiger partial charge is 0.382 e. The van der Waals surface area contributed by atoms with Gasteiger partial charge < -0.3 is 16.0 Å². The van der Waals surface area contributed by atoms with Crippen LogP contribution in [0.4, 0.5) is 11.8 Å². The molecule has 4 aromatic rings. The van der Waals surface area contributed by atoms with Crippen molar-refractivity contribution >= 4 is 22.9 Å². The summed E-state index contributed by atoms with van der Waals surface area (Å²) in [4.78, 5) is 23.9. The summed E-state index contributed by atoms with van der Waals surface area (Å²) < 4.78 is 1.57. The van der Waals surface area contributed by atoms with E-state index in [-0.39, 0.29) is 11.5 Å². The highest BCUT2D eigenvalue weighted by Crippen LogP contribution is 2.17. The normalized spacial score (nSPS) is 11.0. The number of nitrogens with two attached hydrogens (primary N) is 1. The van der Waals surface area contributed by atoms with Crippen LogP contribution in [0.3, 0.4) is 0 Å². The number of aromatic nitrogens is 4. The number of imidazole rings is 1. The van der Waals surface area contributed by atoms with Gasteiger partial charge in [-0.15, -0.1) is 0 Å². The Labute approximate surface area is 155 Å². The Morgan fingerprint density at radius 1 is 0.963 bits per heavy atom. The van der Waals surface area contributed by atoms with Crippen molar-refractivity contribution in [1.82, 2.24) is 19.5 Å². The lowest BCUT2D eigenvalue weighted by Crippen LogP contribution is -2.18. The summed E-state index contributed by atoms with van der Waals surface area (Å²) in [6, 6.07) is 19.9. The van der Waals surface area contributed by atoms with E-state index in [1.165, 1.54) is 5.56 Å². The highest BCUT2D eigenvalue weighted by molar-refractivity contribution is 5.82. The number of benzene rings is 2. The fraction of sp³-hybridized carbons (Fsp3) is 0.150. The first-order valence-corrected chi connectivity index (χ1v) is 8.78. The van der Waals surface area contributed by atoms with Crippen molar-refractivity contribution in [3.05, 3.63) is 82.3 Å². The molecule has 27 heavy (non-hydrogen) atoms. The number of aromatic amines is 1. The Morgan fingerprint density at radius 3 is 2.33 bits per heavy atom.